The van der Waals surface area contributed by atoms with Crippen molar-refractivity contribution in [2.45, 2.75) is 12.5 Å². The summed E-state index contributed by atoms with van der Waals surface area (Å²) in [5.74, 6) is 0.566. The summed E-state index contributed by atoms with van der Waals surface area (Å²) < 4.78 is 4.64. The van der Waals surface area contributed by atoms with Gasteiger partial charge in [0, 0.05) is 6.26 Å². The minimum absolute atomic E-state index is 0.327. The zero-order valence-electron chi connectivity index (χ0n) is 6.70. The molecule has 0 radical (unpaired) electrons. The highest BCUT2D eigenvalue weighted by molar-refractivity contribution is 7.98. The second-order valence-electron chi connectivity index (χ2n) is 1.96. The standard InChI is InChI=1S/C6H13NO2S2/c1-10-4-3-5(7)6(8)9-11-2/h5H,3-4,7H2,1-2H3/t5-/m1/s1. The van der Waals surface area contributed by atoms with Crippen LogP contribution in [0, 0.1) is 0 Å². The van der Waals surface area contributed by atoms with Crippen molar-refractivity contribution in [1.29, 1.82) is 0 Å². The summed E-state index contributed by atoms with van der Waals surface area (Å²) in [5.41, 5.74) is 5.49. The van der Waals surface area contributed by atoms with E-state index in [1.54, 1.807) is 18.0 Å². The summed E-state index contributed by atoms with van der Waals surface area (Å²) in [6.45, 7) is 0. The lowest BCUT2D eigenvalue weighted by Crippen LogP contribution is -2.31. The molecule has 3 nitrogen and oxygen atoms in total. The molecule has 0 saturated carbocycles. The van der Waals surface area contributed by atoms with E-state index in [2.05, 4.69) is 4.18 Å². The Morgan fingerprint density at radius 2 is 2.27 bits per heavy atom. The van der Waals surface area contributed by atoms with Crippen molar-refractivity contribution in [3.8, 4) is 0 Å². The van der Waals surface area contributed by atoms with Crippen LogP contribution in [-0.2, 0) is 8.98 Å². The molecule has 0 aromatic rings. The van der Waals surface area contributed by atoms with E-state index in [0.29, 0.717) is 6.42 Å². The summed E-state index contributed by atoms with van der Waals surface area (Å²) in [5, 5.41) is 0. The lowest BCUT2D eigenvalue weighted by Gasteiger charge is -2.07. The van der Waals surface area contributed by atoms with Gasteiger partial charge in [0.2, 0.25) is 0 Å². The SMILES string of the molecule is CSCC[C@@H](N)C(=O)OSC. The normalized spacial score (nSPS) is 12.6. The fraction of sp³-hybridized carbons (Fsp3) is 0.833. The maximum atomic E-state index is 10.9. The number of carbonyl (C=O) groups excluding carboxylic acids is 1. The van der Waals surface area contributed by atoms with E-state index in [9.17, 15) is 4.79 Å². The molecule has 0 amide bonds. The Morgan fingerprint density at radius 1 is 1.64 bits per heavy atom. The molecule has 0 unspecified atom stereocenters. The molecule has 0 spiro atoms. The Labute approximate surface area is 75.6 Å². The van der Waals surface area contributed by atoms with Crippen molar-refractivity contribution in [2.75, 3.05) is 18.3 Å². The van der Waals surface area contributed by atoms with E-state index in [1.165, 1.54) is 0 Å². The molecule has 0 aromatic heterocycles. The van der Waals surface area contributed by atoms with E-state index in [0.717, 1.165) is 17.8 Å². The minimum Gasteiger partial charge on any atom is -0.391 e. The first-order valence-corrected chi connectivity index (χ1v) is 5.75. The number of hydrogen-bond acceptors (Lipinski definition) is 5. The van der Waals surface area contributed by atoms with Gasteiger partial charge in [-0.2, -0.15) is 11.8 Å². The van der Waals surface area contributed by atoms with E-state index >= 15 is 0 Å². The largest absolute Gasteiger partial charge is 0.391 e. The molecule has 0 saturated heterocycles. The van der Waals surface area contributed by atoms with Crippen LogP contribution in [0.3, 0.4) is 0 Å². The van der Waals surface area contributed by atoms with Crippen LogP contribution >= 0.6 is 23.8 Å². The van der Waals surface area contributed by atoms with Crippen LogP contribution in [0.5, 0.6) is 0 Å². The third-order valence-corrected chi connectivity index (χ3v) is 2.08. The first kappa shape index (κ1) is 11.1. The highest BCUT2D eigenvalue weighted by atomic mass is 32.2. The third kappa shape index (κ3) is 5.41. The maximum Gasteiger partial charge on any atom is 0.334 e. The molecule has 0 rings (SSSR count). The number of rotatable bonds is 5. The number of hydrogen-bond donors (Lipinski definition) is 1. The molecule has 1 atom stereocenters. The van der Waals surface area contributed by atoms with Crippen LogP contribution < -0.4 is 5.73 Å². The predicted octanol–water partition coefficient (Wildman–Crippen LogP) is 0.888. The molecular formula is C6H13NO2S2. The van der Waals surface area contributed by atoms with Crippen molar-refractivity contribution in [1.82, 2.24) is 0 Å². The first-order chi connectivity index (χ1) is 5.22. The monoisotopic (exact) mass is 195 g/mol. The van der Waals surface area contributed by atoms with Gasteiger partial charge in [-0.1, -0.05) is 0 Å². The molecule has 11 heavy (non-hydrogen) atoms. The highest BCUT2D eigenvalue weighted by Gasteiger charge is 2.13. The Hall–Kier alpha value is 0.130. The lowest BCUT2D eigenvalue weighted by molar-refractivity contribution is -0.134. The highest BCUT2D eigenvalue weighted by Crippen LogP contribution is 2.03. The average molecular weight is 195 g/mol. The van der Waals surface area contributed by atoms with Gasteiger partial charge in [0.25, 0.3) is 0 Å². The molecule has 0 aliphatic carbocycles. The molecule has 5 heteroatoms. The molecule has 0 fully saturated rings. The Kier molecular flexibility index (Phi) is 6.90. The second-order valence-corrected chi connectivity index (χ2v) is 3.44. The summed E-state index contributed by atoms with van der Waals surface area (Å²) in [7, 11) is 0. The third-order valence-electron chi connectivity index (χ3n) is 1.10. The average Bonchev–Trinajstić information content (AvgIpc) is 2.00. The number of carbonyl (C=O) groups is 1. The van der Waals surface area contributed by atoms with Crippen LogP contribution in [0.4, 0.5) is 0 Å². The van der Waals surface area contributed by atoms with Crippen molar-refractivity contribution in [2.24, 2.45) is 5.73 Å². The molecule has 2 N–H and O–H groups in total. The van der Waals surface area contributed by atoms with Crippen molar-refractivity contribution >= 4 is 29.8 Å². The summed E-state index contributed by atoms with van der Waals surface area (Å²) in [4.78, 5) is 10.9. The van der Waals surface area contributed by atoms with Crippen LogP contribution in [0.15, 0.2) is 0 Å². The Bertz CT molecular complexity index is 121. The lowest BCUT2D eigenvalue weighted by atomic mass is 10.2. The van der Waals surface area contributed by atoms with Gasteiger partial charge in [0.05, 0.1) is 12.0 Å². The van der Waals surface area contributed by atoms with Crippen molar-refractivity contribution in [3.05, 3.63) is 0 Å². The Balaban J connectivity index is 3.46. The van der Waals surface area contributed by atoms with E-state index in [-0.39, 0.29) is 5.97 Å². The van der Waals surface area contributed by atoms with Gasteiger partial charge in [-0.3, -0.25) is 0 Å². The van der Waals surface area contributed by atoms with E-state index in [1.807, 2.05) is 6.26 Å². The molecule has 0 aromatic carbocycles. The molecule has 66 valence electrons. The summed E-state index contributed by atoms with van der Waals surface area (Å²) >= 11 is 2.71. The molecule has 0 heterocycles. The zero-order chi connectivity index (χ0) is 8.69. The fourth-order valence-corrected chi connectivity index (χ4v) is 1.28. The van der Waals surface area contributed by atoms with Gasteiger partial charge in [-0.15, -0.1) is 0 Å². The second kappa shape index (κ2) is 6.82. The predicted molar refractivity (Wildman–Crippen MR) is 50.6 cm³/mol. The molecule has 0 bridgehead atoms. The molecule has 0 aliphatic heterocycles. The van der Waals surface area contributed by atoms with Gasteiger partial charge in [-0.25, -0.2) is 4.79 Å². The van der Waals surface area contributed by atoms with Crippen LogP contribution in [0.2, 0.25) is 0 Å². The maximum absolute atomic E-state index is 10.9. The van der Waals surface area contributed by atoms with Crippen LogP contribution in [0.25, 0.3) is 0 Å². The number of thioether (sulfide) groups is 1. The van der Waals surface area contributed by atoms with Crippen molar-refractivity contribution < 1.29 is 8.98 Å². The van der Waals surface area contributed by atoms with Gasteiger partial charge in [0.15, 0.2) is 0 Å². The van der Waals surface area contributed by atoms with Gasteiger partial charge in [0.1, 0.15) is 6.04 Å². The topological polar surface area (TPSA) is 52.3 Å². The Morgan fingerprint density at radius 3 is 2.73 bits per heavy atom. The van der Waals surface area contributed by atoms with E-state index in [4.69, 9.17) is 5.73 Å². The van der Waals surface area contributed by atoms with Gasteiger partial charge in [-0.05, 0) is 18.4 Å². The quantitative estimate of drug-likeness (QED) is 0.660. The minimum atomic E-state index is -0.463. The zero-order valence-corrected chi connectivity index (χ0v) is 8.33. The molecular weight excluding hydrogens is 182 g/mol. The number of nitrogens with two attached hydrogens (primary N) is 1. The first-order valence-electron chi connectivity index (χ1n) is 3.21. The van der Waals surface area contributed by atoms with Gasteiger partial charge < -0.3 is 9.92 Å². The van der Waals surface area contributed by atoms with Gasteiger partial charge >= 0.3 is 5.97 Å². The van der Waals surface area contributed by atoms with E-state index < -0.39 is 6.04 Å². The summed E-state index contributed by atoms with van der Waals surface area (Å²) in [6.07, 6.45) is 4.35. The molecule has 0 aliphatic rings. The van der Waals surface area contributed by atoms with Crippen LogP contribution in [-0.4, -0.2) is 30.3 Å². The van der Waals surface area contributed by atoms with Crippen LogP contribution in [0.1, 0.15) is 6.42 Å². The summed E-state index contributed by atoms with van der Waals surface area (Å²) in [6, 6.07) is -0.463. The smallest absolute Gasteiger partial charge is 0.334 e. The van der Waals surface area contributed by atoms with Crippen molar-refractivity contribution in [3.63, 3.8) is 0 Å². The fourth-order valence-electron chi connectivity index (χ4n) is 0.507.